The van der Waals surface area contributed by atoms with Gasteiger partial charge in [-0.15, -0.1) is 0 Å². The maximum atomic E-state index is 14.3. The summed E-state index contributed by atoms with van der Waals surface area (Å²) in [5, 5.41) is 0. The number of carbonyl (C=O) groups excluding carboxylic acids is 1. The zero-order valence-corrected chi connectivity index (χ0v) is 24.8. The van der Waals surface area contributed by atoms with Gasteiger partial charge in [0.15, 0.2) is 0 Å². The molecule has 0 N–H and O–H groups in total. The number of imidazole rings is 1. The van der Waals surface area contributed by atoms with E-state index in [2.05, 4.69) is 57.7 Å². The Balaban J connectivity index is 1.07. The molecule has 4 aliphatic heterocycles. The van der Waals surface area contributed by atoms with Crippen molar-refractivity contribution in [1.29, 1.82) is 0 Å². The Morgan fingerprint density at radius 2 is 1.81 bits per heavy atom. The van der Waals surface area contributed by atoms with Crippen molar-refractivity contribution in [2.45, 2.75) is 76.2 Å². The van der Waals surface area contributed by atoms with Crippen molar-refractivity contribution < 1.29 is 13.9 Å². The number of methoxy groups -OCH3 is 1. The lowest BCUT2D eigenvalue weighted by Crippen LogP contribution is -2.47. The Hall–Kier alpha value is -3.23. The number of carbonyl (C=O) groups is 1. The third kappa shape index (κ3) is 5.24. The molecule has 0 saturated carbocycles. The minimum Gasteiger partial charge on any atom is -0.453 e. The van der Waals surface area contributed by atoms with Gasteiger partial charge in [0.2, 0.25) is 0 Å². The van der Waals surface area contributed by atoms with Crippen LogP contribution in [0.3, 0.4) is 0 Å². The molecule has 2 aromatic carbocycles. The van der Waals surface area contributed by atoms with E-state index < -0.39 is 0 Å². The highest BCUT2D eigenvalue weighted by Crippen LogP contribution is 2.44. The maximum absolute atomic E-state index is 14.3. The summed E-state index contributed by atoms with van der Waals surface area (Å²) in [6.45, 7) is 7.36. The zero-order valence-electron chi connectivity index (χ0n) is 24.8. The van der Waals surface area contributed by atoms with Gasteiger partial charge in [-0.3, -0.25) is 9.80 Å². The molecule has 1 aromatic heterocycles. The summed E-state index contributed by atoms with van der Waals surface area (Å²) in [6.07, 6.45) is 5.34. The van der Waals surface area contributed by atoms with Crippen molar-refractivity contribution in [1.82, 2.24) is 24.3 Å². The first-order chi connectivity index (χ1) is 20.5. The molecular formula is C34H42FN5O2. The Morgan fingerprint density at radius 1 is 1.02 bits per heavy atom. The number of halogens is 1. The summed E-state index contributed by atoms with van der Waals surface area (Å²) < 4.78 is 21.8. The fourth-order valence-corrected chi connectivity index (χ4v) is 8.57. The van der Waals surface area contributed by atoms with Crippen LogP contribution in [0.15, 0.2) is 54.6 Å². The first-order valence-corrected chi connectivity index (χ1v) is 15.6. The van der Waals surface area contributed by atoms with Crippen LogP contribution >= 0.6 is 0 Å². The van der Waals surface area contributed by atoms with Gasteiger partial charge in [-0.25, -0.2) is 14.2 Å². The number of fused-ring (bicyclic) bond motifs is 3. The largest absolute Gasteiger partial charge is 0.453 e. The standard InChI is InChI=1S/C34H42FN5O2/c1-23-36-32-22-38(34(41)42-2)14-13-33(32)40(23)30-16-28-11-12-29(17-30)39(28)20-26-19-37(18-24-7-4-3-5-8-24)21-31(26)25-9-6-10-27(35)15-25/h3-10,15,26,28-31H,11-14,16-22H2,1-2H3/t26-,28-,29+,30+,31-/m1/s1. The number of piperidine rings is 1. The van der Waals surface area contributed by atoms with E-state index in [4.69, 9.17) is 9.72 Å². The number of aromatic nitrogens is 2. The lowest BCUT2D eigenvalue weighted by molar-refractivity contribution is 0.0850. The maximum Gasteiger partial charge on any atom is 0.409 e. The Kier molecular flexibility index (Phi) is 7.53. The van der Waals surface area contributed by atoms with Crippen LogP contribution in [0.2, 0.25) is 0 Å². The molecule has 7 nitrogen and oxygen atoms in total. The summed E-state index contributed by atoms with van der Waals surface area (Å²) in [5.41, 5.74) is 4.82. The van der Waals surface area contributed by atoms with Gasteiger partial charge >= 0.3 is 6.09 Å². The number of hydrogen-bond acceptors (Lipinski definition) is 5. The molecule has 42 heavy (non-hydrogen) atoms. The number of benzene rings is 2. The molecule has 4 aliphatic rings. The van der Waals surface area contributed by atoms with Crippen molar-refractivity contribution in [3.8, 4) is 0 Å². The van der Waals surface area contributed by atoms with E-state index in [1.165, 1.54) is 31.2 Å². The van der Waals surface area contributed by atoms with Crippen molar-refractivity contribution in [3.05, 3.63) is 88.8 Å². The highest BCUT2D eigenvalue weighted by Gasteiger charge is 2.45. The van der Waals surface area contributed by atoms with E-state index in [9.17, 15) is 9.18 Å². The van der Waals surface area contributed by atoms with Crippen molar-refractivity contribution in [2.75, 3.05) is 33.3 Å². The summed E-state index contributed by atoms with van der Waals surface area (Å²) in [5.74, 6) is 1.75. The summed E-state index contributed by atoms with van der Waals surface area (Å²) in [7, 11) is 1.44. The van der Waals surface area contributed by atoms with Crippen LogP contribution in [0.4, 0.5) is 9.18 Å². The summed E-state index contributed by atoms with van der Waals surface area (Å²) >= 11 is 0. The molecule has 5 heterocycles. The van der Waals surface area contributed by atoms with Gasteiger partial charge in [0.1, 0.15) is 11.6 Å². The first-order valence-electron chi connectivity index (χ1n) is 15.6. The van der Waals surface area contributed by atoms with Crippen LogP contribution < -0.4 is 0 Å². The molecule has 3 aromatic rings. The molecule has 3 saturated heterocycles. The lowest BCUT2D eigenvalue weighted by Gasteiger charge is -2.42. The van der Waals surface area contributed by atoms with Crippen LogP contribution in [-0.2, 0) is 24.2 Å². The quantitative estimate of drug-likeness (QED) is 0.389. The topological polar surface area (TPSA) is 53.8 Å². The predicted octanol–water partition coefficient (Wildman–Crippen LogP) is 5.54. The normalized spacial score (nSPS) is 27.8. The molecule has 8 heteroatoms. The molecule has 3 fully saturated rings. The summed E-state index contributed by atoms with van der Waals surface area (Å²) in [6, 6.07) is 19.6. The Labute approximate surface area is 248 Å². The minimum atomic E-state index is -0.273. The van der Waals surface area contributed by atoms with Crippen LogP contribution in [0.1, 0.15) is 66.0 Å². The average Bonchev–Trinajstić information content (AvgIpc) is 3.62. The monoisotopic (exact) mass is 571 g/mol. The SMILES string of the molecule is COC(=O)N1CCc2c(nc(C)n2[C@H]2C[C@H]3CC[C@@H](C2)N3C[C@H]2CN(Cc3ccccc3)C[C@@H]2c2cccc(F)c2)C1. The van der Waals surface area contributed by atoms with Gasteiger partial charge in [0, 0.05) is 68.9 Å². The van der Waals surface area contributed by atoms with E-state index in [-0.39, 0.29) is 11.9 Å². The van der Waals surface area contributed by atoms with Crippen molar-refractivity contribution in [2.24, 2.45) is 5.92 Å². The van der Waals surface area contributed by atoms with Gasteiger partial charge in [-0.1, -0.05) is 42.5 Å². The number of nitrogens with zero attached hydrogens (tertiary/aromatic N) is 5. The highest BCUT2D eigenvalue weighted by atomic mass is 19.1. The second kappa shape index (κ2) is 11.5. The van der Waals surface area contributed by atoms with Crippen LogP contribution in [-0.4, -0.2) is 75.7 Å². The van der Waals surface area contributed by atoms with Gasteiger partial charge in [-0.2, -0.15) is 0 Å². The predicted molar refractivity (Wildman–Crippen MR) is 160 cm³/mol. The van der Waals surface area contributed by atoms with E-state index in [1.807, 2.05) is 6.07 Å². The van der Waals surface area contributed by atoms with E-state index >= 15 is 0 Å². The van der Waals surface area contributed by atoms with Crippen LogP contribution in [0, 0.1) is 18.7 Å². The lowest BCUT2D eigenvalue weighted by atomic mass is 9.87. The third-order valence-corrected chi connectivity index (χ3v) is 10.4. The number of aryl methyl sites for hydroxylation is 1. The van der Waals surface area contributed by atoms with Gasteiger partial charge in [0.05, 0.1) is 19.3 Å². The molecule has 1 amide bonds. The second-order valence-electron chi connectivity index (χ2n) is 12.9. The van der Waals surface area contributed by atoms with E-state index in [1.54, 1.807) is 17.0 Å². The zero-order chi connectivity index (χ0) is 28.8. The smallest absolute Gasteiger partial charge is 0.409 e. The molecule has 7 rings (SSSR count). The van der Waals surface area contributed by atoms with E-state index in [0.717, 1.165) is 62.5 Å². The van der Waals surface area contributed by atoms with Crippen LogP contribution in [0.5, 0.6) is 0 Å². The highest BCUT2D eigenvalue weighted by molar-refractivity contribution is 5.67. The fraction of sp³-hybridized carbons (Fsp3) is 0.529. The average molecular weight is 572 g/mol. The molecule has 0 spiro atoms. The number of rotatable bonds is 6. The van der Waals surface area contributed by atoms with Crippen LogP contribution in [0.25, 0.3) is 0 Å². The van der Waals surface area contributed by atoms with Crippen molar-refractivity contribution in [3.63, 3.8) is 0 Å². The number of hydrogen-bond donors (Lipinski definition) is 0. The molecular weight excluding hydrogens is 529 g/mol. The van der Waals surface area contributed by atoms with Gasteiger partial charge in [0.25, 0.3) is 0 Å². The Morgan fingerprint density at radius 3 is 2.55 bits per heavy atom. The molecule has 0 unspecified atom stereocenters. The number of amides is 1. The van der Waals surface area contributed by atoms with Crippen molar-refractivity contribution >= 4 is 6.09 Å². The number of likely N-dealkylation sites (tertiary alicyclic amines) is 1. The Bertz CT molecular complexity index is 1410. The van der Waals surface area contributed by atoms with E-state index in [0.29, 0.717) is 43.1 Å². The second-order valence-corrected chi connectivity index (χ2v) is 12.9. The molecule has 5 atom stereocenters. The minimum absolute atomic E-state index is 0.137. The fourth-order valence-electron chi connectivity index (χ4n) is 8.57. The molecule has 2 bridgehead atoms. The van der Waals surface area contributed by atoms with Gasteiger partial charge < -0.3 is 14.2 Å². The van der Waals surface area contributed by atoms with Gasteiger partial charge in [-0.05, 0) is 61.8 Å². The summed E-state index contributed by atoms with van der Waals surface area (Å²) in [4.78, 5) is 24.2. The number of ether oxygens (including phenoxy) is 1. The third-order valence-electron chi connectivity index (χ3n) is 10.4. The molecule has 0 aliphatic carbocycles. The first kappa shape index (κ1) is 27.6. The molecule has 0 radical (unpaired) electrons. The molecule has 222 valence electrons.